The average molecular weight is 321 g/mol. The fraction of sp³-hybridized carbons (Fsp3) is 0.286. The van der Waals surface area contributed by atoms with Gasteiger partial charge in [0.1, 0.15) is 18.0 Å². The molecule has 0 spiro atoms. The highest BCUT2D eigenvalue weighted by molar-refractivity contribution is 9.10. The molecule has 0 aliphatic rings. The Morgan fingerprint density at radius 3 is 2.68 bits per heavy atom. The lowest BCUT2D eigenvalue weighted by atomic mass is 10.0. The van der Waals surface area contributed by atoms with Crippen LogP contribution in [0.4, 0.5) is 17.3 Å². The first kappa shape index (κ1) is 13.8. The Hall–Kier alpha value is -1.62. The summed E-state index contributed by atoms with van der Waals surface area (Å²) in [6.07, 6.45) is 1.48. The molecule has 2 rings (SSSR count). The number of aromatic nitrogens is 2. The molecule has 100 valence electrons. The van der Waals surface area contributed by atoms with E-state index in [9.17, 15) is 0 Å². The molecule has 0 aliphatic heterocycles. The van der Waals surface area contributed by atoms with E-state index in [2.05, 4.69) is 45.1 Å². The third-order valence-corrected chi connectivity index (χ3v) is 3.87. The molecule has 0 saturated heterocycles. The normalized spacial score (nSPS) is 10.8. The number of nitrogens with two attached hydrogens (primary N) is 1. The maximum absolute atomic E-state index is 5.94. The molecule has 0 saturated carbocycles. The summed E-state index contributed by atoms with van der Waals surface area (Å²) in [6, 6.07) is 6.01. The molecular formula is C14H17BrN4. The number of halogens is 1. The number of nitrogens with zero attached hydrogens (tertiary/aromatic N) is 2. The molecule has 5 heteroatoms. The first-order chi connectivity index (χ1) is 9.00. The second-order valence-electron chi connectivity index (χ2n) is 4.71. The van der Waals surface area contributed by atoms with Gasteiger partial charge in [0.05, 0.1) is 0 Å². The van der Waals surface area contributed by atoms with Gasteiger partial charge in [-0.05, 0) is 30.5 Å². The lowest BCUT2D eigenvalue weighted by Crippen LogP contribution is -2.07. The number of nitrogen functional groups attached to an aromatic ring is 1. The Morgan fingerprint density at radius 1 is 1.26 bits per heavy atom. The Labute approximate surface area is 121 Å². The van der Waals surface area contributed by atoms with E-state index < -0.39 is 0 Å². The predicted molar refractivity (Wildman–Crippen MR) is 82.7 cm³/mol. The number of anilines is 3. The van der Waals surface area contributed by atoms with Gasteiger partial charge in [0, 0.05) is 15.7 Å². The Kier molecular flexibility index (Phi) is 4.04. The van der Waals surface area contributed by atoms with Crippen LogP contribution in [0.5, 0.6) is 0 Å². The SMILES string of the molecule is Cc1c(Br)cccc1Nc1ncnc(N)c1C(C)C. The molecule has 0 unspecified atom stereocenters. The largest absolute Gasteiger partial charge is 0.383 e. The van der Waals surface area contributed by atoms with Crippen LogP contribution < -0.4 is 11.1 Å². The fourth-order valence-corrected chi connectivity index (χ4v) is 2.31. The highest BCUT2D eigenvalue weighted by Gasteiger charge is 2.14. The lowest BCUT2D eigenvalue weighted by molar-refractivity contribution is 0.855. The van der Waals surface area contributed by atoms with Gasteiger partial charge in [-0.2, -0.15) is 0 Å². The van der Waals surface area contributed by atoms with Crippen LogP contribution in [0.15, 0.2) is 29.0 Å². The van der Waals surface area contributed by atoms with Gasteiger partial charge in [-0.15, -0.1) is 0 Å². The molecule has 0 fully saturated rings. The summed E-state index contributed by atoms with van der Waals surface area (Å²) in [5, 5.41) is 3.34. The lowest BCUT2D eigenvalue weighted by Gasteiger charge is -2.16. The van der Waals surface area contributed by atoms with E-state index in [1.807, 2.05) is 25.1 Å². The van der Waals surface area contributed by atoms with E-state index in [1.54, 1.807) is 0 Å². The van der Waals surface area contributed by atoms with Crippen molar-refractivity contribution in [3.8, 4) is 0 Å². The highest BCUT2D eigenvalue weighted by atomic mass is 79.9. The van der Waals surface area contributed by atoms with Crippen LogP contribution in [0, 0.1) is 6.92 Å². The maximum Gasteiger partial charge on any atom is 0.139 e. The van der Waals surface area contributed by atoms with Gasteiger partial charge in [0.15, 0.2) is 0 Å². The van der Waals surface area contributed by atoms with Crippen molar-refractivity contribution in [2.75, 3.05) is 11.1 Å². The summed E-state index contributed by atoms with van der Waals surface area (Å²) in [6.45, 7) is 6.20. The van der Waals surface area contributed by atoms with E-state index in [0.717, 1.165) is 27.1 Å². The van der Waals surface area contributed by atoms with Gasteiger partial charge < -0.3 is 11.1 Å². The van der Waals surface area contributed by atoms with Gasteiger partial charge in [0.25, 0.3) is 0 Å². The third-order valence-electron chi connectivity index (χ3n) is 3.01. The molecule has 1 aromatic carbocycles. The summed E-state index contributed by atoms with van der Waals surface area (Å²) < 4.78 is 1.06. The topological polar surface area (TPSA) is 63.8 Å². The van der Waals surface area contributed by atoms with Gasteiger partial charge in [-0.25, -0.2) is 9.97 Å². The predicted octanol–water partition coefficient (Wildman–Crippen LogP) is 4.00. The van der Waals surface area contributed by atoms with Gasteiger partial charge >= 0.3 is 0 Å². The smallest absolute Gasteiger partial charge is 0.139 e. The van der Waals surface area contributed by atoms with Crippen LogP contribution >= 0.6 is 15.9 Å². The van der Waals surface area contributed by atoms with E-state index in [-0.39, 0.29) is 5.92 Å². The van der Waals surface area contributed by atoms with Gasteiger partial charge in [0.2, 0.25) is 0 Å². The van der Waals surface area contributed by atoms with E-state index in [1.165, 1.54) is 6.33 Å². The number of rotatable bonds is 3. The number of hydrogen-bond acceptors (Lipinski definition) is 4. The zero-order chi connectivity index (χ0) is 14.0. The highest BCUT2D eigenvalue weighted by Crippen LogP contribution is 2.31. The Bertz CT molecular complexity index is 596. The summed E-state index contributed by atoms with van der Waals surface area (Å²) >= 11 is 3.52. The molecule has 1 aromatic heterocycles. The zero-order valence-corrected chi connectivity index (χ0v) is 12.8. The van der Waals surface area contributed by atoms with Crippen molar-refractivity contribution < 1.29 is 0 Å². The first-order valence-corrected chi connectivity index (χ1v) is 6.92. The molecule has 4 nitrogen and oxygen atoms in total. The minimum Gasteiger partial charge on any atom is -0.383 e. The molecule has 3 N–H and O–H groups in total. The Morgan fingerprint density at radius 2 is 2.00 bits per heavy atom. The van der Waals surface area contributed by atoms with Crippen molar-refractivity contribution in [2.45, 2.75) is 26.7 Å². The average Bonchev–Trinajstić information content (AvgIpc) is 2.34. The molecule has 0 atom stereocenters. The number of benzene rings is 1. The van der Waals surface area contributed by atoms with Crippen LogP contribution in [0.1, 0.15) is 30.9 Å². The van der Waals surface area contributed by atoms with E-state index in [4.69, 9.17) is 5.73 Å². The molecule has 19 heavy (non-hydrogen) atoms. The van der Waals surface area contributed by atoms with E-state index >= 15 is 0 Å². The second kappa shape index (κ2) is 5.57. The standard InChI is InChI=1S/C14H17BrN4/c1-8(2)12-13(16)17-7-18-14(12)19-11-6-4-5-10(15)9(11)3/h4-8H,1-3H3,(H3,16,17,18,19). The van der Waals surface area contributed by atoms with Crippen LogP contribution in [-0.2, 0) is 0 Å². The quantitative estimate of drug-likeness (QED) is 0.897. The van der Waals surface area contributed by atoms with Gasteiger partial charge in [-0.1, -0.05) is 35.8 Å². The van der Waals surface area contributed by atoms with E-state index in [0.29, 0.717) is 5.82 Å². The summed E-state index contributed by atoms with van der Waals surface area (Å²) in [5.74, 6) is 1.56. The summed E-state index contributed by atoms with van der Waals surface area (Å²) in [4.78, 5) is 8.37. The molecule has 0 radical (unpaired) electrons. The van der Waals surface area contributed by atoms with Crippen LogP contribution in [-0.4, -0.2) is 9.97 Å². The minimum atomic E-state index is 0.260. The summed E-state index contributed by atoms with van der Waals surface area (Å²) in [7, 11) is 0. The van der Waals surface area contributed by atoms with Crippen LogP contribution in [0.3, 0.4) is 0 Å². The zero-order valence-electron chi connectivity index (χ0n) is 11.2. The molecule has 0 amide bonds. The third kappa shape index (κ3) is 2.87. The number of nitrogens with one attached hydrogen (secondary N) is 1. The maximum atomic E-state index is 5.94. The molecule has 0 bridgehead atoms. The number of hydrogen-bond donors (Lipinski definition) is 2. The fourth-order valence-electron chi connectivity index (χ4n) is 1.95. The monoisotopic (exact) mass is 320 g/mol. The molecular weight excluding hydrogens is 304 g/mol. The first-order valence-electron chi connectivity index (χ1n) is 6.13. The Balaban J connectivity index is 2.44. The van der Waals surface area contributed by atoms with Gasteiger partial charge in [-0.3, -0.25) is 0 Å². The second-order valence-corrected chi connectivity index (χ2v) is 5.57. The van der Waals surface area contributed by atoms with Crippen molar-refractivity contribution in [1.82, 2.24) is 9.97 Å². The van der Waals surface area contributed by atoms with Crippen LogP contribution in [0.25, 0.3) is 0 Å². The van der Waals surface area contributed by atoms with Crippen molar-refractivity contribution in [3.63, 3.8) is 0 Å². The molecule has 0 aliphatic carbocycles. The van der Waals surface area contributed by atoms with Crippen molar-refractivity contribution in [1.29, 1.82) is 0 Å². The minimum absolute atomic E-state index is 0.260. The van der Waals surface area contributed by atoms with Crippen molar-refractivity contribution >= 4 is 33.3 Å². The molecule has 2 aromatic rings. The summed E-state index contributed by atoms with van der Waals surface area (Å²) in [5.41, 5.74) is 9.03. The van der Waals surface area contributed by atoms with Crippen molar-refractivity contribution in [2.24, 2.45) is 0 Å². The van der Waals surface area contributed by atoms with Crippen LogP contribution in [0.2, 0.25) is 0 Å². The molecule has 1 heterocycles. The van der Waals surface area contributed by atoms with Crippen molar-refractivity contribution in [3.05, 3.63) is 40.1 Å².